The van der Waals surface area contributed by atoms with Gasteiger partial charge in [0.05, 0.1) is 0 Å². The number of nitrogens with zero attached hydrogens (tertiary/aromatic N) is 2. The van der Waals surface area contributed by atoms with Gasteiger partial charge in [-0.05, 0) is 29.8 Å². The fourth-order valence-corrected chi connectivity index (χ4v) is 1.80. The smallest absolute Gasteiger partial charge is 0.433 e. The third-order valence-corrected chi connectivity index (χ3v) is 3.09. The van der Waals surface area contributed by atoms with Gasteiger partial charge in [-0.25, -0.2) is 19.6 Å². The van der Waals surface area contributed by atoms with E-state index in [-0.39, 0.29) is 17.4 Å². The van der Waals surface area contributed by atoms with Crippen molar-refractivity contribution in [1.82, 2.24) is 9.97 Å². The van der Waals surface area contributed by atoms with Crippen molar-refractivity contribution in [2.45, 2.75) is 12.4 Å². The van der Waals surface area contributed by atoms with Crippen molar-refractivity contribution >= 4 is 24.3 Å². The van der Waals surface area contributed by atoms with Gasteiger partial charge in [0.1, 0.15) is 29.1 Å². The van der Waals surface area contributed by atoms with Crippen LogP contribution in [-0.2, 0) is 12.4 Å². The minimum absolute atomic E-state index is 0.0646. The summed E-state index contributed by atoms with van der Waals surface area (Å²) >= 11 is 0. The largest absolute Gasteiger partial charge is 0.477 e. The molecular weight excluding hydrogens is 426 g/mol. The number of hydrogen-bond acceptors (Lipinski definition) is 5. The van der Waals surface area contributed by atoms with E-state index >= 15 is 0 Å². The summed E-state index contributed by atoms with van der Waals surface area (Å²) in [5, 5.41) is 17.0. The Morgan fingerprint density at radius 1 is 0.800 bits per heavy atom. The predicted molar refractivity (Wildman–Crippen MR) is 87.9 cm³/mol. The molecule has 2 aromatic heterocycles. The molecule has 160 valence electrons. The molecule has 2 heterocycles. The Labute approximate surface area is 163 Å². The number of rotatable bonds is 4. The van der Waals surface area contributed by atoms with Gasteiger partial charge in [-0.15, -0.1) is 0 Å². The van der Waals surface area contributed by atoms with Gasteiger partial charge in [0.2, 0.25) is 0 Å². The van der Waals surface area contributed by atoms with Crippen molar-refractivity contribution in [2.24, 2.45) is 0 Å². The third-order valence-electron chi connectivity index (χ3n) is 3.09. The lowest BCUT2D eigenvalue weighted by molar-refractivity contribution is -0.142. The lowest BCUT2D eigenvalue weighted by atomic mass is 10.2. The number of pyridine rings is 2. The predicted octanol–water partition coefficient (Wildman–Crippen LogP) is 4.05. The summed E-state index contributed by atoms with van der Waals surface area (Å²) < 4.78 is 73.3. The van der Waals surface area contributed by atoms with Gasteiger partial charge in [0.25, 0.3) is 0 Å². The van der Waals surface area contributed by atoms with E-state index in [4.69, 9.17) is 10.2 Å². The van der Waals surface area contributed by atoms with E-state index in [1.54, 1.807) is 0 Å². The molecule has 7 nitrogen and oxygen atoms in total. The van der Waals surface area contributed by atoms with E-state index in [1.165, 1.54) is 0 Å². The highest BCUT2D eigenvalue weighted by molar-refractivity contribution is 5.88. The number of carbonyl (C=O) groups is 3. The van der Waals surface area contributed by atoms with Gasteiger partial charge >= 0.3 is 24.3 Å². The topological polar surface area (TPSA) is 117 Å². The van der Waals surface area contributed by atoms with Crippen LogP contribution < -0.4 is 0 Å². The van der Waals surface area contributed by atoms with E-state index in [0.717, 1.165) is 24.3 Å². The number of carbonyl (C=O) groups excluding carboxylic acids is 1. The van der Waals surface area contributed by atoms with Crippen molar-refractivity contribution in [1.29, 1.82) is 0 Å². The summed E-state index contributed by atoms with van der Waals surface area (Å²) in [7, 11) is 0. The molecule has 0 atom stereocenters. The SMILES string of the molecule is C=Cc1cc(C(=O)O)nc(C(F)(F)F)c1.O=Cc1cc(C(=O)O)nc(C(F)(F)F)c1. The summed E-state index contributed by atoms with van der Waals surface area (Å²) in [5.41, 5.74) is -4.42. The van der Waals surface area contributed by atoms with Crippen LogP contribution >= 0.6 is 0 Å². The number of aromatic nitrogens is 2. The summed E-state index contributed by atoms with van der Waals surface area (Å²) in [5.74, 6) is -3.13. The van der Waals surface area contributed by atoms with Crippen molar-refractivity contribution in [3.63, 3.8) is 0 Å². The van der Waals surface area contributed by atoms with Crippen LogP contribution in [0.4, 0.5) is 26.3 Å². The Morgan fingerprint density at radius 2 is 1.17 bits per heavy atom. The maximum Gasteiger partial charge on any atom is 0.433 e. The highest BCUT2D eigenvalue weighted by Gasteiger charge is 2.34. The maximum atomic E-state index is 12.3. The molecule has 30 heavy (non-hydrogen) atoms. The molecule has 2 N–H and O–H groups in total. The van der Waals surface area contributed by atoms with Crippen LogP contribution in [0.5, 0.6) is 0 Å². The molecule has 0 fully saturated rings. The molecular formula is C17H10F6N2O5. The molecule has 0 aliphatic carbocycles. The summed E-state index contributed by atoms with van der Waals surface area (Å²) in [6.45, 7) is 3.27. The number of carboxylic acid groups (broad SMARTS) is 2. The average molecular weight is 436 g/mol. The van der Waals surface area contributed by atoms with Crippen LogP contribution in [0.3, 0.4) is 0 Å². The van der Waals surface area contributed by atoms with Gasteiger partial charge in [0, 0.05) is 5.56 Å². The molecule has 0 aromatic carbocycles. The molecule has 2 rings (SSSR count). The van der Waals surface area contributed by atoms with Crippen LogP contribution in [0.25, 0.3) is 6.08 Å². The van der Waals surface area contributed by atoms with E-state index < -0.39 is 47.1 Å². The Balaban J connectivity index is 0.000000300. The van der Waals surface area contributed by atoms with Crippen LogP contribution in [0.1, 0.15) is 48.3 Å². The number of aromatic carboxylic acids is 2. The van der Waals surface area contributed by atoms with Gasteiger partial charge < -0.3 is 10.2 Å². The molecule has 0 aliphatic heterocycles. The maximum absolute atomic E-state index is 12.3. The van der Waals surface area contributed by atoms with Crippen molar-refractivity contribution in [3.8, 4) is 0 Å². The molecule has 0 aliphatic rings. The van der Waals surface area contributed by atoms with Crippen LogP contribution in [0.2, 0.25) is 0 Å². The fraction of sp³-hybridized carbons (Fsp3) is 0.118. The van der Waals surface area contributed by atoms with Gasteiger partial charge in [0.15, 0.2) is 0 Å². The standard InChI is InChI=1S/C9H6F3NO2.C8H4F3NO3/c1-2-5-3-6(8(14)15)13-7(4-5)9(10,11)12;9-8(10,11)6-2-4(3-13)1-5(12-6)7(14)15/h2-4H,1H2,(H,14,15);1-3H,(H,14,15). The van der Waals surface area contributed by atoms with Gasteiger partial charge in [-0.2, -0.15) is 26.3 Å². The second kappa shape index (κ2) is 9.15. The molecule has 0 saturated carbocycles. The van der Waals surface area contributed by atoms with E-state index in [0.29, 0.717) is 6.07 Å². The molecule has 0 spiro atoms. The monoisotopic (exact) mass is 436 g/mol. The minimum Gasteiger partial charge on any atom is -0.477 e. The molecule has 0 bridgehead atoms. The minimum atomic E-state index is -4.77. The summed E-state index contributed by atoms with van der Waals surface area (Å²) in [6, 6.07) is 3.01. The summed E-state index contributed by atoms with van der Waals surface area (Å²) in [4.78, 5) is 37.0. The van der Waals surface area contributed by atoms with Crippen molar-refractivity contribution in [2.75, 3.05) is 0 Å². The van der Waals surface area contributed by atoms with E-state index in [1.807, 2.05) is 0 Å². The third kappa shape index (κ3) is 6.68. The van der Waals surface area contributed by atoms with Crippen LogP contribution in [0.15, 0.2) is 30.8 Å². The summed E-state index contributed by atoms with van der Waals surface area (Å²) in [6.07, 6.45) is -8.18. The number of halogens is 6. The van der Waals surface area contributed by atoms with E-state index in [2.05, 4.69) is 16.5 Å². The first-order chi connectivity index (χ1) is 13.7. The Hall–Kier alpha value is -3.77. The highest BCUT2D eigenvalue weighted by Crippen LogP contribution is 2.29. The zero-order chi connectivity index (χ0) is 23.3. The van der Waals surface area contributed by atoms with Crippen LogP contribution in [-0.4, -0.2) is 38.4 Å². The quantitative estimate of drug-likeness (QED) is 0.548. The number of aldehydes is 1. The Bertz CT molecular complexity index is 906. The first-order valence-corrected chi connectivity index (χ1v) is 7.41. The number of carboxylic acids is 2. The molecule has 0 unspecified atom stereocenters. The lowest BCUT2D eigenvalue weighted by Crippen LogP contribution is -2.12. The second-order valence-corrected chi connectivity index (χ2v) is 5.27. The highest BCUT2D eigenvalue weighted by atomic mass is 19.4. The number of hydrogen-bond donors (Lipinski definition) is 2. The molecule has 13 heteroatoms. The van der Waals surface area contributed by atoms with Crippen molar-refractivity contribution in [3.05, 3.63) is 64.7 Å². The molecule has 0 amide bonds. The normalized spacial score (nSPS) is 11.1. The first kappa shape index (κ1) is 24.3. The molecule has 0 saturated heterocycles. The van der Waals surface area contributed by atoms with Crippen LogP contribution in [0, 0.1) is 0 Å². The van der Waals surface area contributed by atoms with Gasteiger partial charge in [-0.3, -0.25) is 4.79 Å². The Kier molecular flexibility index (Phi) is 7.40. The second-order valence-electron chi connectivity index (χ2n) is 5.27. The van der Waals surface area contributed by atoms with Crippen molar-refractivity contribution < 1.29 is 50.9 Å². The molecule has 2 aromatic rings. The number of alkyl halides is 6. The first-order valence-electron chi connectivity index (χ1n) is 7.41. The average Bonchev–Trinajstić information content (AvgIpc) is 2.66. The zero-order valence-corrected chi connectivity index (χ0v) is 14.5. The molecule has 0 radical (unpaired) electrons. The Morgan fingerprint density at radius 3 is 1.47 bits per heavy atom. The fourth-order valence-electron chi connectivity index (χ4n) is 1.80. The zero-order valence-electron chi connectivity index (χ0n) is 14.5. The van der Waals surface area contributed by atoms with Gasteiger partial charge in [-0.1, -0.05) is 12.7 Å². The van der Waals surface area contributed by atoms with E-state index in [9.17, 15) is 40.7 Å². The lowest BCUT2D eigenvalue weighted by Gasteiger charge is -2.07.